The van der Waals surface area contributed by atoms with E-state index in [1.165, 1.54) is 25.3 Å². The molecule has 132 valence electrons. The molecule has 2 aromatic heterocycles. The second-order valence-corrected chi connectivity index (χ2v) is 5.50. The third-order valence-corrected chi connectivity index (χ3v) is 3.73. The van der Waals surface area contributed by atoms with Gasteiger partial charge >= 0.3 is 5.97 Å². The van der Waals surface area contributed by atoms with Gasteiger partial charge in [0.05, 0.1) is 29.8 Å². The van der Waals surface area contributed by atoms with Gasteiger partial charge in [-0.25, -0.2) is 4.98 Å². The second-order valence-electron chi connectivity index (χ2n) is 5.50. The van der Waals surface area contributed by atoms with Crippen molar-refractivity contribution in [3.8, 4) is 0 Å². The van der Waals surface area contributed by atoms with Crippen LogP contribution in [-0.4, -0.2) is 27.4 Å². The van der Waals surface area contributed by atoms with Gasteiger partial charge in [-0.1, -0.05) is 12.1 Å². The van der Waals surface area contributed by atoms with Gasteiger partial charge in [0.25, 0.3) is 5.69 Å². The van der Waals surface area contributed by atoms with Gasteiger partial charge in [-0.05, 0) is 24.6 Å². The maximum absolute atomic E-state index is 11.7. The van der Waals surface area contributed by atoms with Crippen LogP contribution < -0.4 is 0 Å². The summed E-state index contributed by atoms with van der Waals surface area (Å²) in [5, 5.41) is 19.1. The zero-order chi connectivity index (χ0) is 18.7. The first kappa shape index (κ1) is 17.2. The maximum atomic E-state index is 11.7. The summed E-state index contributed by atoms with van der Waals surface area (Å²) in [6.45, 7) is 1.89. The molecule has 0 aliphatic rings. The number of hydrogen-bond donors (Lipinski definition) is 0. The van der Waals surface area contributed by atoms with E-state index in [0.717, 1.165) is 5.56 Å². The Morgan fingerprint density at radius 1 is 1.31 bits per heavy atom. The molecule has 0 atom stereocenters. The normalized spacial score (nSPS) is 11.2. The molecule has 3 aromatic rings. The van der Waals surface area contributed by atoms with E-state index >= 15 is 0 Å². The highest BCUT2D eigenvalue weighted by molar-refractivity contribution is 5.74. The average Bonchev–Trinajstić information content (AvgIpc) is 2.98. The molecule has 0 radical (unpaired) electrons. The number of non-ortho nitro benzene ring substituents is 1. The molecule has 0 aliphatic heterocycles. The van der Waals surface area contributed by atoms with Gasteiger partial charge in [-0.15, -0.1) is 10.2 Å². The van der Waals surface area contributed by atoms with Crippen LogP contribution in [0.4, 0.5) is 17.2 Å². The number of nitro groups is 1. The molecule has 9 heteroatoms. The van der Waals surface area contributed by atoms with Crippen LogP contribution in [0.25, 0.3) is 5.65 Å². The lowest BCUT2D eigenvalue weighted by atomic mass is 10.3. The Morgan fingerprint density at radius 2 is 2.12 bits per heavy atom. The van der Waals surface area contributed by atoms with Crippen molar-refractivity contribution in [1.29, 1.82) is 0 Å². The standard InChI is InChI=1S/C17H15N5O4/c1-11-5-4-8-21-16(11)18-14(10-15(23)26-2)17(21)20-19-12-6-3-7-13(9-12)22(24)25/h3-9H,10H2,1-2H3. The molecule has 0 fully saturated rings. The van der Waals surface area contributed by atoms with E-state index in [-0.39, 0.29) is 12.1 Å². The number of aromatic nitrogens is 2. The molecule has 0 unspecified atom stereocenters. The van der Waals surface area contributed by atoms with Crippen molar-refractivity contribution in [3.63, 3.8) is 0 Å². The number of fused-ring (bicyclic) bond motifs is 1. The van der Waals surface area contributed by atoms with Crippen LogP contribution in [0.5, 0.6) is 0 Å². The number of methoxy groups -OCH3 is 1. The van der Waals surface area contributed by atoms with Crippen LogP contribution in [0.1, 0.15) is 11.3 Å². The molecular formula is C17H15N5O4. The number of azo groups is 1. The minimum absolute atomic E-state index is 0.0547. The van der Waals surface area contributed by atoms with Crippen molar-refractivity contribution in [2.45, 2.75) is 13.3 Å². The van der Waals surface area contributed by atoms with Crippen LogP contribution in [0.15, 0.2) is 52.8 Å². The predicted octanol–water partition coefficient (Wildman–Crippen LogP) is 3.68. The lowest BCUT2D eigenvalue weighted by Crippen LogP contribution is -2.04. The summed E-state index contributed by atoms with van der Waals surface area (Å²) in [6, 6.07) is 9.55. The Labute approximate surface area is 148 Å². The van der Waals surface area contributed by atoms with Crippen molar-refractivity contribution in [3.05, 3.63) is 64.0 Å². The van der Waals surface area contributed by atoms with Crippen molar-refractivity contribution >= 4 is 28.8 Å². The Kier molecular flexibility index (Phi) is 4.70. The van der Waals surface area contributed by atoms with Gasteiger partial charge in [0.15, 0.2) is 5.82 Å². The number of nitro benzene ring substituents is 1. The summed E-state index contributed by atoms with van der Waals surface area (Å²) in [5.74, 6) is -0.0709. The number of ether oxygens (including phenoxy) is 1. The molecule has 0 aliphatic carbocycles. The van der Waals surface area contributed by atoms with Crippen LogP contribution >= 0.6 is 0 Å². The highest BCUT2D eigenvalue weighted by Gasteiger charge is 2.17. The zero-order valence-electron chi connectivity index (χ0n) is 14.1. The van der Waals surface area contributed by atoms with E-state index < -0.39 is 10.9 Å². The summed E-state index contributed by atoms with van der Waals surface area (Å²) in [7, 11) is 1.30. The number of benzene rings is 1. The molecular weight excluding hydrogens is 338 g/mol. The van der Waals surface area contributed by atoms with Crippen molar-refractivity contribution in [2.24, 2.45) is 10.2 Å². The first-order valence-electron chi connectivity index (χ1n) is 7.69. The van der Waals surface area contributed by atoms with Crippen molar-refractivity contribution in [2.75, 3.05) is 7.11 Å². The Morgan fingerprint density at radius 3 is 2.85 bits per heavy atom. The van der Waals surface area contributed by atoms with Gasteiger partial charge in [-0.2, -0.15) is 0 Å². The number of imidazole rings is 1. The quantitative estimate of drug-likeness (QED) is 0.300. The number of pyridine rings is 1. The number of nitrogens with zero attached hydrogens (tertiary/aromatic N) is 5. The number of esters is 1. The fourth-order valence-electron chi connectivity index (χ4n) is 2.45. The molecule has 26 heavy (non-hydrogen) atoms. The van der Waals surface area contributed by atoms with E-state index in [1.807, 2.05) is 19.1 Å². The molecule has 0 amide bonds. The fraction of sp³-hybridized carbons (Fsp3) is 0.176. The summed E-state index contributed by atoms with van der Waals surface area (Å²) in [4.78, 5) is 26.5. The van der Waals surface area contributed by atoms with Crippen LogP contribution in [0.2, 0.25) is 0 Å². The maximum Gasteiger partial charge on any atom is 0.311 e. The first-order chi connectivity index (χ1) is 12.5. The van der Waals surface area contributed by atoms with Crippen LogP contribution in [0, 0.1) is 17.0 Å². The first-order valence-corrected chi connectivity index (χ1v) is 7.69. The van der Waals surface area contributed by atoms with Gasteiger partial charge in [0.1, 0.15) is 5.65 Å². The average molecular weight is 353 g/mol. The number of carbonyl (C=O) groups is 1. The van der Waals surface area contributed by atoms with Crippen LogP contribution in [-0.2, 0) is 16.0 Å². The zero-order valence-corrected chi connectivity index (χ0v) is 14.1. The molecule has 0 saturated heterocycles. The van der Waals surface area contributed by atoms with E-state index in [0.29, 0.717) is 22.8 Å². The number of hydrogen-bond acceptors (Lipinski definition) is 7. The molecule has 0 bridgehead atoms. The lowest BCUT2D eigenvalue weighted by Gasteiger charge is -1.99. The van der Waals surface area contributed by atoms with Crippen molar-refractivity contribution < 1.29 is 14.5 Å². The van der Waals surface area contributed by atoms with Crippen molar-refractivity contribution in [1.82, 2.24) is 9.38 Å². The number of aryl methyl sites for hydroxylation is 1. The lowest BCUT2D eigenvalue weighted by molar-refractivity contribution is -0.384. The van der Waals surface area contributed by atoms with E-state index in [2.05, 4.69) is 15.2 Å². The van der Waals surface area contributed by atoms with Gasteiger partial charge < -0.3 is 4.74 Å². The third-order valence-electron chi connectivity index (χ3n) is 3.73. The van der Waals surface area contributed by atoms with Gasteiger partial charge in [0, 0.05) is 18.3 Å². The number of carbonyl (C=O) groups excluding carboxylic acids is 1. The Balaban J connectivity index is 2.06. The monoisotopic (exact) mass is 353 g/mol. The molecule has 9 nitrogen and oxygen atoms in total. The van der Waals surface area contributed by atoms with Gasteiger partial charge in [0.2, 0.25) is 0 Å². The second kappa shape index (κ2) is 7.09. The highest BCUT2D eigenvalue weighted by atomic mass is 16.6. The third kappa shape index (κ3) is 3.41. The SMILES string of the molecule is COC(=O)Cc1nc2c(C)cccn2c1N=Nc1cccc([N+](=O)[O-])c1. The Bertz CT molecular complexity index is 1030. The summed E-state index contributed by atoms with van der Waals surface area (Å²) in [5.41, 5.74) is 2.23. The van der Waals surface area contributed by atoms with E-state index in [1.54, 1.807) is 16.7 Å². The predicted molar refractivity (Wildman–Crippen MR) is 92.9 cm³/mol. The van der Waals surface area contributed by atoms with E-state index in [4.69, 9.17) is 4.74 Å². The summed E-state index contributed by atoms with van der Waals surface area (Å²) < 4.78 is 6.42. The fourth-order valence-corrected chi connectivity index (χ4v) is 2.45. The molecule has 0 saturated carbocycles. The Hall–Kier alpha value is -3.62. The smallest absolute Gasteiger partial charge is 0.311 e. The minimum Gasteiger partial charge on any atom is -0.469 e. The highest BCUT2D eigenvalue weighted by Crippen LogP contribution is 2.27. The molecule has 0 spiro atoms. The van der Waals surface area contributed by atoms with Gasteiger partial charge in [-0.3, -0.25) is 19.3 Å². The summed E-state index contributed by atoms with van der Waals surface area (Å²) in [6.07, 6.45) is 1.71. The number of rotatable bonds is 5. The van der Waals surface area contributed by atoms with Crippen LogP contribution in [0.3, 0.4) is 0 Å². The summed E-state index contributed by atoms with van der Waals surface area (Å²) >= 11 is 0. The molecule has 0 N–H and O–H groups in total. The minimum atomic E-state index is -0.501. The van der Waals surface area contributed by atoms with E-state index in [9.17, 15) is 14.9 Å². The molecule has 1 aromatic carbocycles. The topological polar surface area (TPSA) is 111 Å². The molecule has 3 rings (SSSR count). The molecule has 2 heterocycles. The largest absolute Gasteiger partial charge is 0.469 e.